The molecule has 39 heavy (non-hydrogen) atoms. The van der Waals surface area contributed by atoms with Crippen LogP contribution in [-0.4, -0.2) is 55.6 Å². The van der Waals surface area contributed by atoms with Gasteiger partial charge >= 0.3 is 0 Å². The zero-order valence-electron chi connectivity index (χ0n) is 21.7. The number of hydrogen-bond acceptors (Lipinski definition) is 5. The van der Waals surface area contributed by atoms with Crippen molar-refractivity contribution in [2.24, 2.45) is 0 Å². The summed E-state index contributed by atoms with van der Waals surface area (Å²) in [5, 5.41) is 13.7. The molecule has 2 heterocycles. The molecule has 0 unspecified atom stereocenters. The third-order valence-electron chi connectivity index (χ3n) is 7.82. The molecule has 2 aliphatic heterocycles. The van der Waals surface area contributed by atoms with Crippen LogP contribution in [0, 0.1) is 0 Å². The lowest BCUT2D eigenvalue weighted by atomic mass is 9.87. The van der Waals surface area contributed by atoms with Crippen molar-refractivity contribution in [3.8, 4) is 17.2 Å². The number of rotatable bonds is 7. The van der Waals surface area contributed by atoms with Crippen LogP contribution >= 0.6 is 0 Å². The fourth-order valence-corrected chi connectivity index (χ4v) is 5.99. The van der Waals surface area contributed by atoms with Crippen molar-refractivity contribution in [3.05, 3.63) is 82.9 Å². The van der Waals surface area contributed by atoms with Gasteiger partial charge in [-0.15, -0.1) is 0 Å². The highest BCUT2D eigenvalue weighted by Crippen LogP contribution is 2.42. The minimum Gasteiger partial charge on any atom is -0.508 e. The van der Waals surface area contributed by atoms with Crippen molar-refractivity contribution >= 4 is 16.8 Å². The number of likely N-dealkylation sites (tertiary alicyclic amines) is 1. The minimum atomic E-state index is -0.264. The molecule has 5 nitrogen and oxygen atoms in total. The summed E-state index contributed by atoms with van der Waals surface area (Å²) in [6.45, 7) is 3.83. The maximum Gasteiger partial charge on any atom is 0.142 e. The van der Waals surface area contributed by atoms with E-state index in [1.807, 2.05) is 6.07 Å². The van der Waals surface area contributed by atoms with E-state index in [0.29, 0.717) is 18.8 Å². The number of phenolic OH excluding ortho intramolecular Hbond substituents is 1. The molecule has 2 N–H and O–H groups in total. The average molecular weight is 531 g/mol. The number of aryl methyl sites for hydroxylation is 1. The summed E-state index contributed by atoms with van der Waals surface area (Å²) < 4.78 is 24.7. The van der Waals surface area contributed by atoms with E-state index < -0.39 is 0 Å². The number of allylic oxidation sites excluding steroid dienone is 1. The Hall–Kier alpha value is -3.51. The van der Waals surface area contributed by atoms with E-state index >= 15 is 0 Å². The van der Waals surface area contributed by atoms with Crippen molar-refractivity contribution in [3.63, 3.8) is 0 Å². The summed E-state index contributed by atoms with van der Waals surface area (Å²) in [4.78, 5) is 2.28. The number of nitrogens with one attached hydrogen (secondary N) is 1. The van der Waals surface area contributed by atoms with Crippen molar-refractivity contribution in [1.82, 2.24) is 4.90 Å². The fraction of sp³-hybridized carbons (Fsp3) is 0.394. The average Bonchev–Trinajstić information content (AvgIpc) is 3.30. The highest BCUT2D eigenvalue weighted by molar-refractivity contribution is 6.00. The van der Waals surface area contributed by atoms with Crippen LogP contribution in [0.1, 0.15) is 55.4 Å². The van der Waals surface area contributed by atoms with Gasteiger partial charge in [-0.2, -0.15) is 0 Å². The van der Waals surface area contributed by atoms with Gasteiger partial charge in [-0.1, -0.05) is 31.7 Å². The van der Waals surface area contributed by atoms with E-state index in [4.69, 9.17) is 9.47 Å². The molecule has 6 heteroatoms. The topological polar surface area (TPSA) is 54.0 Å². The molecule has 0 spiro atoms. The lowest BCUT2D eigenvalue weighted by molar-refractivity contribution is 0.198. The molecule has 3 aliphatic rings. The third-order valence-corrected chi connectivity index (χ3v) is 7.82. The number of ether oxygens (including phenoxy) is 2. The highest BCUT2D eigenvalue weighted by atomic mass is 19.1. The zero-order chi connectivity index (χ0) is 25.9. The van der Waals surface area contributed by atoms with Crippen LogP contribution < -0.4 is 14.8 Å². The minimum absolute atomic E-state index is 0. The van der Waals surface area contributed by atoms with Crippen LogP contribution in [0.5, 0.6) is 17.2 Å². The molecule has 6 rings (SSSR count). The molecule has 0 saturated carbocycles. The van der Waals surface area contributed by atoms with Gasteiger partial charge in [-0.3, -0.25) is 9.29 Å². The molecular weight excluding hydrogens is 491 g/mol. The van der Waals surface area contributed by atoms with Gasteiger partial charge in [0.05, 0.1) is 12.4 Å². The van der Waals surface area contributed by atoms with Gasteiger partial charge in [0.25, 0.3) is 0 Å². The Morgan fingerprint density at radius 3 is 2.72 bits per heavy atom. The predicted octanol–water partition coefficient (Wildman–Crippen LogP) is 6.94. The summed E-state index contributed by atoms with van der Waals surface area (Å²) in [6, 6.07) is 20.6. The van der Waals surface area contributed by atoms with Crippen molar-refractivity contribution in [2.75, 3.05) is 44.8 Å². The van der Waals surface area contributed by atoms with Crippen molar-refractivity contribution in [1.29, 1.82) is 0 Å². The molecule has 1 atom stereocenters. The van der Waals surface area contributed by atoms with E-state index in [1.165, 1.54) is 27.8 Å². The van der Waals surface area contributed by atoms with Gasteiger partial charge in [0, 0.05) is 26.2 Å². The molecule has 0 radical (unpaired) electrons. The maximum absolute atomic E-state index is 12.5. The van der Waals surface area contributed by atoms with Gasteiger partial charge in [-0.25, -0.2) is 0 Å². The van der Waals surface area contributed by atoms with Gasteiger partial charge in [0.15, 0.2) is 0 Å². The molecule has 1 fully saturated rings. The molecular formula is C33H39FN2O3. The first kappa shape index (κ1) is 27.1. The first-order valence-electron chi connectivity index (χ1n) is 13.8. The summed E-state index contributed by atoms with van der Waals surface area (Å²) in [5.74, 6) is 2.07. The lowest BCUT2D eigenvalue weighted by Gasteiger charge is -2.22. The highest BCUT2D eigenvalue weighted by Gasteiger charge is 2.25. The third kappa shape index (κ3) is 5.91. The number of alkyl halides is 1. The van der Waals surface area contributed by atoms with Crippen molar-refractivity contribution < 1.29 is 19.0 Å². The van der Waals surface area contributed by atoms with Gasteiger partial charge < -0.3 is 19.9 Å². The fourth-order valence-electron chi connectivity index (χ4n) is 5.99. The van der Waals surface area contributed by atoms with E-state index in [0.717, 1.165) is 74.6 Å². The van der Waals surface area contributed by atoms with Crippen LogP contribution in [0.15, 0.2) is 60.7 Å². The number of aromatic hydroxyl groups is 1. The van der Waals surface area contributed by atoms with E-state index in [9.17, 15) is 9.50 Å². The number of halogens is 1. The Bertz CT molecular complexity index is 1320. The van der Waals surface area contributed by atoms with Crippen LogP contribution in [0.2, 0.25) is 0 Å². The normalized spacial score (nSPS) is 18.7. The SMILES string of the molecule is C.Oc1ccc2c(c1)CCCC(c1ccc3c(c1)NCCO3)=C2c1ccc(O[C@H]2CCN(CCCF)C2)cc1. The second kappa shape index (κ2) is 12.1. The quantitative estimate of drug-likeness (QED) is 0.347. The second-order valence-corrected chi connectivity index (χ2v) is 10.4. The van der Waals surface area contributed by atoms with Crippen LogP contribution in [-0.2, 0) is 6.42 Å². The monoisotopic (exact) mass is 530 g/mol. The van der Waals surface area contributed by atoms with Gasteiger partial charge in [0.1, 0.15) is 30.0 Å². The van der Waals surface area contributed by atoms with Crippen LogP contribution in [0.4, 0.5) is 10.1 Å². The smallest absolute Gasteiger partial charge is 0.142 e. The second-order valence-electron chi connectivity index (χ2n) is 10.4. The van der Waals surface area contributed by atoms with Crippen LogP contribution in [0.25, 0.3) is 11.1 Å². The van der Waals surface area contributed by atoms with E-state index in [-0.39, 0.29) is 20.2 Å². The van der Waals surface area contributed by atoms with Crippen molar-refractivity contribution in [2.45, 2.75) is 45.6 Å². The molecule has 1 aliphatic carbocycles. The molecule has 1 saturated heterocycles. The number of fused-ring (bicyclic) bond motifs is 2. The first-order valence-corrected chi connectivity index (χ1v) is 13.8. The van der Waals surface area contributed by atoms with Gasteiger partial charge in [0.2, 0.25) is 0 Å². The zero-order valence-corrected chi connectivity index (χ0v) is 21.7. The number of benzene rings is 3. The molecule has 206 valence electrons. The summed E-state index contributed by atoms with van der Waals surface area (Å²) >= 11 is 0. The Morgan fingerprint density at radius 1 is 1.03 bits per heavy atom. The molecule has 0 amide bonds. The number of hydrogen-bond donors (Lipinski definition) is 2. The maximum atomic E-state index is 12.5. The Kier molecular flexibility index (Phi) is 8.41. The largest absolute Gasteiger partial charge is 0.508 e. The van der Waals surface area contributed by atoms with Gasteiger partial charge in [-0.05, 0) is 102 Å². The summed E-state index contributed by atoms with van der Waals surface area (Å²) in [6.07, 6.45) is 4.58. The number of nitrogens with zero attached hydrogens (tertiary/aromatic N) is 1. The number of anilines is 1. The Labute approximate surface area is 231 Å². The molecule has 3 aromatic rings. The predicted molar refractivity (Wildman–Crippen MR) is 157 cm³/mol. The van der Waals surface area contributed by atoms with Crippen LogP contribution in [0.3, 0.4) is 0 Å². The first-order chi connectivity index (χ1) is 18.7. The summed E-state index contributed by atoms with van der Waals surface area (Å²) in [7, 11) is 0. The lowest BCUT2D eigenvalue weighted by Crippen LogP contribution is -2.26. The van der Waals surface area contributed by atoms with E-state index in [1.54, 1.807) is 6.07 Å². The Balaban J connectivity index is 0.00000308. The Morgan fingerprint density at radius 2 is 1.87 bits per heavy atom. The molecule has 0 aromatic heterocycles. The van der Waals surface area contributed by atoms with E-state index in [2.05, 4.69) is 58.7 Å². The molecule has 0 bridgehead atoms. The number of phenols is 1. The molecule has 3 aromatic carbocycles. The summed E-state index contributed by atoms with van der Waals surface area (Å²) in [5.41, 5.74) is 8.23. The standard InChI is InChI=1S/C32H35FN2O3.CH4/c33-14-2-16-35-17-13-27(21-35)38-26-9-5-22(6-10-26)32-28(4-1-3-23-19-25(36)8-11-29(23)32)24-7-12-31-30(20-24)34-15-18-37-31;/h5-12,19-20,27,34,36H,1-4,13-18,21H2;1H4/t27-;/m0./s1.